The van der Waals surface area contributed by atoms with E-state index < -0.39 is 5.97 Å². The molecule has 2 rings (SSSR count). The first-order valence-electron chi connectivity index (χ1n) is 11.1. The number of carboxylic acids is 1. The lowest BCUT2D eigenvalue weighted by Gasteiger charge is -2.24. The van der Waals surface area contributed by atoms with Crippen molar-refractivity contribution < 1.29 is 14.6 Å². The number of ether oxygens (including phenoxy) is 1. The fraction of sp³-hybridized carbons (Fsp3) is 0.370. The van der Waals surface area contributed by atoms with E-state index >= 15 is 0 Å². The first-order chi connectivity index (χ1) is 14.9. The number of rotatable bonds is 12. The zero-order chi connectivity index (χ0) is 22.6. The predicted molar refractivity (Wildman–Crippen MR) is 128 cm³/mol. The van der Waals surface area contributed by atoms with E-state index in [0.29, 0.717) is 6.61 Å². The number of aliphatic carboxylic acids is 1. The lowest BCUT2D eigenvalue weighted by molar-refractivity contribution is -0.131. The molecule has 0 aliphatic carbocycles. The summed E-state index contributed by atoms with van der Waals surface area (Å²) in [5, 5.41) is 8.78. The minimum absolute atomic E-state index is 0.0752. The van der Waals surface area contributed by atoms with Crippen LogP contribution in [0.4, 0.5) is 0 Å². The first kappa shape index (κ1) is 24.4. The van der Waals surface area contributed by atoms with Gasteiger partial charge in [0, 0.05) is 17.7 Å². The molecule has 0 heterocycles. The molecule has 2 aromatic carbocycles. The Balaban J connectivity index is 2.20. The molecule has 31 heavy (non-hydrogen) atoms. The number of carbonyl (C=O) groups is 1. The second-order valence-corrected chi connectivity index (χ2v) is 7.94. The van der Waals surface area contributed by atoms with E-state index in [-0.39, 0.29) is 12.0 Å². The summed E-state index contributed by atoms with van der Waals surface area (Å²) in [6.45, 7) is 7.14. The monoisotopic (exact) mass is 421 g/mol. The van der Waals surface area contributed by atoms with Crippen LogP contribution in [-0.4, -0.2) is 17.7 Å². The van der Waals surface area contributed by atoms with E-state index in [9.17, 15) is 4.79 Å². The average molecular weight is 422 g/mol. The van der Waals surface area contributed by atoms with Gasteiger partial charge in [0.15, 0.2) is 0 Å². The van der Waals surface area contributed by atoms with Crippen molar-refractivity contribution in [1.29, 1.82) is 0 Å². The predicted octanol–water partition coefficient (Wildman–Crippen LogP) is 6.45. The van der Waals surface area contributed by atoms with Crippen LogP contribution >= 0.6 is 0 Å². The molecule has 0 saturated heterocycles. The Hall–Kier alpha value is -2.85. The zero-order valence-corrected chi connectivity index (χ0v) is 18.9. The second kappa shape index (κ2) is 12.8. The molecule has 0 radical (unpaired) electrons. The van der Waals surface area contributed by atoms with Crippen molar-refractivity contribution in [2.75, 3.05) is 6.61 Å². The molecule has 0 fully saturated rings. The van der Waals surface area contributed by atoms with Crippen LogP contribution in [0.25, 0.3) is 11.8 Å². The highest BCUT2D eigenvalue weighted by atomic mass is 16.5. The Kier molecular flexibility index (Phi) is 10.0. The highest BCUT2D eigenvalue weighted by molar-refractivity contribution is 5.85. The zero-order valence-electron chi connectivity index (χ0n) is 18.9. The molecule has 0 aliphatic heterocycles. The van der Waals surface area contributed by atoms with Crippen LogP contribution in [0.5, 0.6) is 0 Å². The first-order valence-corrected chi connectivity index (χ1v) is 11.1. The number of unbranched alkanes of at least 4 members (excludes halogenated alkanes) is 3. The fourth-order valence-electron chi connectivity index (χ4n) is 3.48. The SMILES string of the molecule is CCCCCCOC(=C(C)C(C)C(N)c1ccc(C=CC(=O)O)cc1)c1ccccc1. The molecule has 0 saturated carbocycles. The average Bonchev–Trinajstić information content (AvgIpc) is 2.79. The standard InChI is InChI=1S/C27H35NO3/c1-4-5-6-10-19-31-27(24-11-8-7-9-12-24)21(3)20(2)26(28)23-16-13-22(14-17-23)15-18-25(29)30/h7-9,11-18,20,26H,4-6,10,19,28H2,1-3H3,(H,29,30). The number of nitrogens with two attached hydrogens (primary N) is 1. The van der Waals surface area contributed by atoms with Crippen molar-refractivity contribution in [3.63, 3.8) is 0 Å². The molecular weight excluding hydrogens is 386 g/mol. The molecule has 0 aromatic heterocycles. The normalized spacial score (nSPS) is 14.2. The third kappa shape index (κ3) is 7.72. The van der Waals surface area contributed by atoms with Gasteiger partial charge in [0.25, 0.3) is 0 Å². The van der Waals surface area contributed by atoms with Gasteiger partial charge in [-0.15, -0.1) is 0 Å². The van der Waals surface area contributed by atoms with Gasteiger partial charge in [-0.2, -0.15) is 0 Å². The molecule has 0 bridgehead atoms. The summed E-state index contributed by atoms with van der Waals surface area (Å²) in [5.74, 6) is 0.0330. The summed E-state index contributed by atoms with van der Waals surface area (Å²) < 4.78 is 6.28. The van der Waals surface area contributed by atoms with Gasteiger partial charge < -0.3 is 15.6 Å². The highest BCUT2D eigenvalue weighted by Gasteiger charge is 2.21. The Morgan fingerprint density at radius 3 is 2.35 bits per heavy atom. The lowest BCUT2D eigenvalue weighted by Crippen LogP contribution is -2.21. The summed E-state index contributed by atoms with van der Waals surface area (Å²) in [7, 11) is 0. The minimum atomic E-state index is -0.960. The van der Waals surface area contributed by atoms with E-state index in [1.54, 1.807) is 6.08 Å². The quantitative estimate of drug-likeness (QED) is 0.235. The Morgan fingerprint density at radius 2 is 1.74 bits per heavy atom. The molecule has 0 spiro atoms. The van der Waals surface area contributed by atoms with Crippen molar-refractivity contribution in [2.45, 2.75) is 52.5 Å². The summed E-state index contributed by atoms with van der Waals surface area (Å²) in [4.78, 5) is 10.7. The number of hydrogen-bond donors (Lipinski definition) is 2. The van der Waals surface area contributed by atoms with Gasteiger partial charge in [0.2, 0.25) is 0 Å². The van der Waals surface area contributed by atoms with Crippen molar-refractivity contribution >= 4 is 17.8 Å². The maximum Gasteiger partial charge on any atom is 0.328 e. The maximum atomic E-state index is 10.7. The van der Waals surface area contributed by atoms with Crippen LogP contribution in [0.2, 0.25) is 0 Å². The lowest BCUT2D eigenvalue weighted by atomic mass is 9.87. The van der Waals surface area contributed by atoms with Crippen molar-refractivity contribution in [3.8, 4) is 0 Å². The highest BCUT2D eigenvalue weighted by Crippen LogP contribution is 2.32. The Bertz CT molecular complexity index is 869. The largest absolute Gasteiger partial charge is 0.493 e. The van der Waals surface area contributed by atoms with E-state index in [0.717, 1.165) is 40.5 Å². The van der Waals surface area contributed by atoms with Crippen LogP contribution in [0.15, 0.2) is 66.2 Å². The third-order valence-corrected chi connectivity index (χ3v) is 5.60. The maximum absolute atomic E-state index is 10.7. The summed E-state index contributed by atoms with van der Waals surface area (Å²) in [5.41, 5.74) is 10.7. The molecule has 0 aliphatic rings. The third-order valence-electron chi connectivity index (χ3n) is 5.60. The molecule has 2 unspecified atom stereocenters. The van der Waals surface area contributed by atoms with Gasteiger partial charge in [-0.1, -0.05) is 87.7 Å². The molecular formula is C27H35NO3. The second-order valence-electron chi connectivity index (χ2n) is 7.94. The molecule has 2 aromatic rings. The van der Waals surface area contributed by atoms with Crippen LogP contribution in [-0.2, 0) is 9.53 Å². The molecule has 2 atom stereocenters. The van der Waals surface area contributed by atoms with E-state index in [1.807, 2.05) is 42.5 Å². The molecule has 4 nitrogen and oxygen atoms in total. The summed E-state index contributed by atoms with van der Waals surface area (Å²) in [6.07, 6.45) is 7.36. The smallest absolute Gasteiger partial charge is 0.328 e. The fourth-order valence-corrected chi connectivity index (χ4v) is 3.48. The minimum Gasteiger partial charge on any atom is -0.493 e. The van der Waals surface area contributed by atoms with E-state index in [1.165, 1.54) is 19.3 Å². The topological polar surface area (TPSA) is 72.5 Å². The van der Waals surface area contributed by atoms with E-state index in [2.05, 4.69) is 32.9 Å². The van der Waals surface area contributed by atoms with Gasteiger partial charge in [0.05, 0.1) is 6.61 Å². The van der Waals surface area contributed by atoms with E-state index in [4.69, 9.17) is 15.6 Å². The van der Waals surface area contributed by atoms with Crippen molar-refractivity contribution in [3.05, 3.63) is 82.9 Å². The van der Waals surface area contributed by atoms with Crippen LogP contribution in [0.3, 0.4) is 0 Å². The number of carboxylic acid groups (broad SMARTS) is 1. The van der Waals surface area contributed by atoms with Gasteiger partial charge in [-0.3, -0.25) is 0 Å². The van der Waals surface area contributed by atoms with Crippen LogP contribution < -0.4 is 5.73 Å². The molecule has 4 heteroatoms. The van der Waals surface area contributed by atoms with Crippen molar-refractivity contribution in [2.24, 2.45) is 11.7 Å². The number of hydrogen-bond acceptors (Lipinski definition) is 3. The molecule has 3 N–H and O–H groups in total. The molecule has 166 valence electrons. The number of benzene rings is 2. The van der Waals surface area contributed by atoms with Gasteiger partial charge in [0.1, 0.15) is 5.76 Å². The summed E-state index contributed by atoms with van der Waals surface area (Å²) >= 11 is 0. The van der Waals surface area contributed by atoms with Gasteiger partial charge in [-0.05, 0) is 42.0 Å². The molecule has 0 amide bonds. The summed E-state index contributed by atoms with van der Waals surface area (Å²) in [6, 6.07) is 17.7. The van der Waals surface area contributed by atoms with Crippen LogP contribution in [0, 0.1) is 5.92 Å². The van der Waals surface area contributed by atoms with Gasteiger partial charge >= 0.3 is 5.97 Å². The Morgan fingerprint density at radius 1 is 1.06 bits per heavy atom. The van der Waals surface area contributed by atoms with Gasteiger partial charge in [-0.25, -0.2) is 4.79 Å². The Labute approximate surface area is 186 Å². The van der Waals surface area contributed by atoms with Crippen molar-refractivity contribution in [1.82, 2.24) is 0 Å². The van der Waals surface area contributed by atoms with Crippen LogP contribution in [0.1, 0.15) is 69.2 Å².